The minimum Gasteiger partial charge on any atom is -0.267 e. The molecule has 0 atom stereocenters. The molecule has 1 aromatic heterocycles. The highest BCUT2D eigenvalue weighted by molar-refractivity contribution is 7.89. The highest BCUT2D eigenvalue weighted by Crippen LogP contribution is 2.31. The molecule has 0 unspecified atom stereocenters. The van der Waals surface area contributed by atoms with Gasteiger partial charge in [-0.15, -0.1) is 0 Å². The molecule has 0 spiro atoms. The summed E-state index contributed by atoms with van der Waals surface area (Å²) < 4.78 is 28.0. The number of anilines is 1. The lowest BCUT2D eigenvalue weighted by molar-refractivity contribution is 0.0987. The van der Waals surface area contributed by atoms with Crippen LogP contribution in [0.3, 0.4) is 0 Å². The van der Waals surface area contributed by atoms with Crippen LogP contribution in [0.4, 0.5) is 5.13 Å². The Morgan fingerprint density at radius 3 is 2.34 bits per heavy atom. The summed E-state index contributed by atoms with van der Waals surface area (Å²) in [6.45, 7) is 6.34. The Hall–Kier alpha value is -3.40. The lowest BCUT2D eigenvalue weighted by Gasteiger charge is -2.19. The van der Waals surface area contributed by atoms with Crippen LogP contribution in [0.15, 0.2) is 82.8 Å². The number of thiazole rings is 1. The predicted octanol–water partition coefficient (Wildman–Crippen LogP) is 5.32. The van der Waals surface area contributed by atoms with E-state index in [1.807, 2.05) is 55.5 Å². The molecule has 0 fully saturated rings. The molecule has 0 saturated heterocycles. The monoisotopic (exact) mass is 506 g/mol. The number of carbonyl (C=O) groups is 1. The number of rotatable bonds is 8. The highest BCUT2D eigenvalue weighted by atomic mass is 32.2. The number of hydrogen-bond acceptors (Lipinski definition) is 6. The van der Waals surface area contributed by atoms with E-state index in [2.05, 4.69) is 10.1 Å². The van der Waals surface area contributed by atoms with Crippen molar-refractivity contribution in [2.75, 3.05) is 18.1 Å². The fourth-order valence-corrected chi connectivity index (χ4v) is 6.05. The molecule has 1 amide bonds. The third-order valence-corrected chi connectivity index (χ3v) is 8.53. The maximum atomic E-state index is 13.5. The van der Waals surface area contributed by atoms with Crippen molar-refractivity contribution in [3.63, 3.8) is 0 Å². The first kappa shape index (κ1) is 24.7. The molecule has 1 heterocycles. The molecule has 3 aromatic carbocycles. The van der Waals surface area contributed by atoms with E-state index in [0.717, 1.165) is 21.3 Å². The third-order valence-electron chi connectivity index (χ3n) is 5.47. The van der Waals surface area contributed by atoms with Crippen molar-refractivity contribution in [1.29, 1.82) is 0 Å². The van der Waals surface area contributed by atoms with Gasteiger partial charge in [-0.05, 0) is 54.4 Å². The smallest absolute Gasteiger partial charge is 0.267 e. The summed E-state index contributed by atoms with van der Waals surface area (Å²) in [7, 11) is -3.62. The number of hydrazone groups is 1. The number of benzene rings is 3. The molecule has 0 bridgehead atoms. The van der Waals surface area contributed by atoms with Crippen LogP contribution in [0.1, 0.15) is 35.3 Å². The lowest BCUT2D eigenvalue weighted by Crippen LogP contribution is -2.30. The number of sulfonamides is 1. The second kappa shape index (κ2) is 10.5. The number of fused-ring (bicyclic) bond motifs is 1. The molecule has 0 radical (unpaired) electrons. The van der Waals surface area contributed by atoms with Gasteiger partial charge in [0.05, 0.1) is 21.3 Å². The van der Waals surface area contributed by atoms with Crippen molar-refractivity contribution in [1.82, 2.24) is 9.29 Å². The molecule has 0 saturated carbocycles. The fourth-order valence-electron chi connectivity index (χ4n) is 3.57. The summed E-state index contributed by atoms with van der Waals surface area (Å²) in [6, 6.07) is 21.3. The van der Waals surface area contributed by atoms with Crippen LogP contribution in [-0.2, 0) is 10.0 Å². The zero-order valence-electron chi connectivity index (χ0n) is 19.7. The maximum absolute atomic E-state index is 13.5. The Morgan fingerprint density at radius 2 is 1.69 bits per heavy atom. The SMILES string of the molecule is CCN(CC)S(=O)(=O)c1ccc(C(=O)N(/N=C/c2ccccc2)c2nc3ccc(C)cc3s2)cc1. The van der Waals surface area contributed by atoms with Crippen LogP contribution in [0.25, 0.3) is 10.2 Å². The van der Waals surface area contributed by atoms with E-state index in [-0.39, 0.29) is 4.90 Å². The molecule has 4 rings (SSSR count). The molecular formula is C26H26N4O3S2. The topological polar surface area (TPSA) is 82.9 Å². The van der Waals surface area contributed by atoms with E-state index >= 15 is 0 Å². The van der Waals surface area contributed by atoms with Crippen molar-refractivity contribution in [3.05, 3.63) is 89.5 Å². The summed E-state index contributed by atoms with van der Waals surface area (Å²) in [5.41, 5.74) is 3.03. The molecule has 0 aliphatic heterocycles. The average molecular weight is 507 g/mol. The van der Waals surface area contributed by atoms with Crippen LogP contribution in [-0.4, -0.2) is 42.9 Å². The largest absolute Gasteiger partial charge is 0.280 e. The third kappa shape index (κ3) is 5.32. The van der Waals surface area contributed by atoms with Crippen molar-refractivity contribution < 1.29 is 13.2 Å². The van der Waals surface area contributed by atoms with Gasteiger partial charge in [0.2, 0.25) is 15.2 Å². The number of nitrogens with zero attached hydrogens (tertiary/aromatic N) is 4. The number of hydrogen-bond donors (Lipinski definition) is 0. The Kier molecular flexibility index (Phi) is 7.39. The molecule has 7 nitrogen and oxygen atoms in total. The normalized spacial score (nSPS) is 12.0. The van der Waals surface area contributed by atoms with Gasteiger partial charge in [0, 0.05) is 18.7 Å². The van der Waals surface area contributed by atoms with Crippen molar-refractivity contribution in [2.24, 2.45) is 5.10 Å². The molecule has 180 valence electrons. The zero-order chi connectivity index (χ0) is 25.0. The summed E-state index contributed by atoms with van der Waals surface area (Å²) in [6.07, 6.45) is 1.61. The van der Waals surface area contributed by atoms with Crippen molar-refractivity contribution >= 4 is 48.8 Å². The van der Waals surface area contributed by atoms with E-state index in [4.69, 9.17) is 0 Å². The maximum Gasteiger partial charge on any atom is 0.280 e. The Morgan fingerprint density at radius 1 is 1.00 bits per heavy atom. The van der Waals surface area contributed by atoms with E-state index in [0.29, 0.717) is 23.8 Å². The second-order valence-electron chi connectivity index (χ2n) is 7.85. The van der Waals surface area contributed by atoms with Crippen molar-refractivity contribution in [3.8, 4) is 0 Å². The van der Waals surface area contributed by atoms with Crippen LogP contribution < -0.4 is 5.01 Å². The van der Waals surface area contributed by atoms with Gasteiger partial charge in [0.1, 0.15) is 0 Å². The summed E-state index contributed by atoms with van der Waals surface area (Å²) in [4.78, 5) is 18.3. The summed E-state index contributed by atoms with van der Waals surface area (Å²) in [5.74, 6) is -0.403. The van der Waals surface area contributed by atoms with E-state index in [1.165, 1.54) is 44.9 Å². The van der Waals surface area contributed by atoms with Crippen molar-refractivity contribution in [2.45, 2.75) is 25.7 Å². The summed E-state index contributed by atoms with van der Waals surface area (Å²) >= 11 is 1.37. The minimum absolute atomic E-state index is 0.146. The van der Waals surface area contributed by atoms with Gasteiger partial charge in [-0.3, -0.25) is 4.79 Å². The lowest BCUT2D eigenvalue weighted by atomic mass is 10.2. The quantitative estimate of drug-likeness (QED) is 0.239. The summed E-state index contributed by atoms with van der Waals surface area (Å²) in [5, 5.41) is 6.16. The molecule has 9 heteroatoms. The van der Waals surface area contributed by atoms with Crippen LogP contribution in [0.2, 0.25) is 0 Å². The van der Waals surface area contributed by atoms with E-state index < -0.39 is 15.9 Å². The highest BCUT2D eigenvalue weighted by Gasteiger charge is 2.24. The first-order valence-corrected chi connectivity index (χ1v) is 13.5. The second-order valence-corrected chi connectivity index (χ2v) is 10.8. The minimum atomic E-state index is -3.62. The standard InChI is InChI=1S/C26H26N4O3S2/c1-4-29(5-2)35(32,33)22-14-12-21(13-15-22)25(31)30(27-18-20-9-7-6-8-10-20)26-28-23-16-11-19(3)17-24(23)34-26/h6-18H,4-5H2,1-3H3/b27-18+. The molecule has 35 heavy (non-hydrogen) atoms. The number of aryl methyl sites for hydroxylation is 1. The zero-order valence-corrected chi connectivity index (χ0v) is 21.4. The van der Waals surface area contributed by atoms with Gasteiger partial charge >= 0.3 is 0 Å². The fraction of sp³-hybridized carbons (Fsp3) is 0.192. The first-order valence-electron chi connectivity index (χ1n) is 11.2. The first-order chi connectivity index (χ1) is 16.8. The molecule has 0 N–H and O–H groups in total. The number of amides is 1. The molecule has 4 aromatic rings. The molecular weight excluding hydrogens is 480 g/mol. The predicted molar refractivity (Wildman–Crippen MR) is 142 cm³/mol. The van der Waals surface area contributed by atoms with Gasteiger partial charge in [-0.25, -0.2) is 13.4 Å². The van der Waals surface area contributed by atoms with Gasteiger partial charge < -0.3 is 0 Å². The number of carbonyl (C=O) groups excluding carboxylic acids is 1. The average Bonchev–Trinajstić information content (AvgIpc) is 3.28. The van der Waals surface area contributed by atoms with Crippen LogP contribution in [0, 0.1) is 6.92 Å². The van der Waals surface area contributed by atoms with Crippen LogP contribution in [0.5, 0.6) is 0 Å². The van der Waals surface area contributed by atoms with Gasteiger partial charge in [-0.1, -0.05) is 61.6 Å². The van der Waals surface area contributed by atoms with Gasteiger partial charge in [0.15, 0.2) is 0 Å². The Labute approximate surface area is 209 Å². The number of aromatic nitrogens is 1. The molecule has 0 aliphatic carbocycles. The Balaban J connectivity index is 1.71. The van der Waals surface area contributed by atoms with E-state index in [9.17, 15) is 13.2 Å². The van der Waals surface area contributed by atoms with Gasteiger partial charge in [0.25, 0.3) is 5.91 Å². The van der Waals surface area contributed by atoms with Gasteiger partial charge in [-0.2, -0.15) is 14.4 Å². The molecule has 0 aliphatic rings. The van der Waals surface area contributed by atoms with Crippen LogP contribution >= 0.6 is 11.3 Å². The Bertz CT molecular complexity index is 1460. The van der Waals surface area contributed by atoms with E-state index in [1.54, 1.807) is 20.1 Å².